The van der Waals surface area contributed by atoms with Crippen molar-refractivity contribution >= 4 is 0 Å². The molecule has 0 aliphatic heterocycles. The highest BCUT2D eigenvalue weighted by molar-refractivity contribution is 5.40. The minimum Gasteiger partial charge on any atom is -0.508 e. The van der Waals surface area contributed by atoms with Crippen molar-refractivity contribution in [1.29, 1.82) is 0 Å². The highest BCUT2D eigenvalue weighted by Crippen LogP contribution is 2.30. The van der Waals surface area contributed by atoms with Crippen LogP contribution in [0.5, 0.6) is 17.2 Å². The summed E-state index contributed by atoms with van der Waals surface area (Å²) < 4.78 is 5.81. The molecule has 17 heavy (non-hydrogen) atoms. The maximum atomic E-state index is 9.21. The van der Waals surface area contributed by atoms with Gasteiger partial charge in [0, 0.05) is 0 Å². The molecule has 0 aromatic heterocycles. The molecule has 0 fully saturated rings. The normalized spacial score (nSPS) is 10.5. The Kier molecular flexibility index (Phi) is 3.33. The zero-order valence-corrected chi connectivity index (χ0v) is 10.1. The summed E-state index contributed by atoms with van der Waals surface area (Å²) in [7, 11) is 0. The van der Waals surface area contributed by atoms with Gasteiger partial charge in [-0.15, -0.1) is 0 Å². The van der Waals surface area contributed by atoms with Gasteiger partial charge in [-0.3, -0.25) is 0 Å². The Morgan fingerprint density at radius 2 is 1.59 bits per heavy atom. The van der Waals surface area contributed by atoms with Gasteiger partial charge in [-0.1, -0.05) is 32.0 Å². The third-order valence-corrected chi connectivity index (χ3v) is 2.61. The van der Waals surface area contributed by atoms with Gasteiger partial charge in [0.15, 0.2) is 0 Å². The molecule has 0 saturated heterocycles. The van der Waals surface area contributed by atoms with Crippen molar-refractivity contribution in [3.8, 4) is 17.2 Å². The summed E-state index contributed by atoms with van der Waals surface area (Å²) in [5.41, 5.74) is 1.18. The summed E-state index contributed by atoms with van der Waals surface area (Å²) in [4.78, 5) is 0. The molecule has 0 unspecified atom stereocenters. The first-order chi connectivity index (χ1) is 8.16. The van der Waals surface area contributed by atoms with Crippen molar-refractivity contribution in [3.63, 3.8) is 0 Å². The third-order valence-electron chi connectivity index (χ3n) is 2.61. The predicted octanol–water partition coefficient (Wildman–Crippen LogP) is 4.31. The summed E-state index contributed by atoms with van der Waals surface area (Å²) in [6.07, 6.45) is 0. The van der Waals surface area contributed by atoms with Crippen molar-refractivity contribution in [1.82, 2.24) is 0 Å². The van der Waals surface area contributed by atoms with Gasteiger partial charge in [-0.05, 0) is 41.8 Å². The molecule has 0 spiro atoms. The van der Waals surface area contributed by atoms with E-state index in [1.165, 1.54) is 5.56 Å². The summed E-state index contributed by atoms with van der Waals surface area (Å²) in [5, 5.41) is 9.21. The van der Waals surface area contributed by atoms with Crippen LogP contribution in [0.3, 0.4) is 0 Å². The van der Waals surface area contributed by atoms with Crippen LogP contribution in [-0.2, 0) is 0 Å². The van der Waals surface area contributed by atoms with E-state index in [1.807, 2.05) is 18.2 Å². The second-order valence-electron chi connectivity index (χ2n) is 4.29. The molecule has 2 aromatic rings. The Labute approximate surface area is 101 Å². The molecule has 1 N–H and O–H groups in total. The second kappa shape index (κ2) is 4.91. The average molecular weight is 228 g/mol. The topological polar surface area (TPSA) is 29.5 Å². The Bertz CT molecular complexity index is 487. The van der Waals surface area contributed by atoms with Crippen molar-refractivity contribution < 1.29 is 9.84 Å². The molecular weight excluding hydrogens is 212 g/mol. The molecule has 0 bridgehead atoms. The maximum Gasteiger partial charge on any atom is 0.130 e. The first-order valence-corrected chi connectivity index (χ1v) is 5.72. The van der Waals surface area contributed by atoms with E-state index in [4.69, 9.17) is 4.74 Å². The number of aromatic hydroxyl groups is 1. The van der Waals surface area contributed by atoms with Gasteiger partial charge >= 0.3 is 0 Å². The van der Waals surface area contributed by atoms with E-state index >= 15 is 0 Å². The Balaban J connectivity index is 2.26. The zero-order valence-electron chi connectivity index (χ0n) is 10.1. The van der Waals surface area contributed by atoms with E-state index in [1.54, 1.807) is 24.3 Å². The largest absolute Gasteiger partial charge is 0.508 e. The molecule has 0 saturated carbocycles. The van der Waals surface area contributed by atoms with Gasteiger partial charge in [-0.2, -0.15) is 0 Å². The number of phenols is 1. The van der Waals surface area contributed by atoms with Gasteiger partial charge in [0.05, 0.1) is 0 Å². The van der Waals surface area contributed by atoms with Crippen LogP contribution < -0.4 is 4.74 Å². The monoisotopic (exact) mass is 228 g/mol. The Hall–Kier alpha value is -1.96. The molecule has 88 valence electrons. The molecule has 0 heterocycles. The molecule has 2 nitrogen and oxygen atoms in total. The second-order valence-corrected chi connectivity index (χ2v) is 4.29. The predicted molar refractivity (Wildman–Crippen MR) is 68.7 cm³/mol. The number of benzene rings is 2. The summed E-state index contributed by atoms with van der Waals surface area (Å²) in [5.74, 6) is 2.27. The van der Waals surface area contributed by atoms with E-state index in [0.717, 1.165) is 11.5 Å². The minimum atomic E-state index is 0.245. The highest BCUT2D eigenvalue weighted by atomic mass is 16.5. The molecule has 0 aliphatic rings. The number of ether oxygens (including phenoxy) is 1. The number of rotatable bonds is 3. The standard InChI is InChI=1S/C15H16O2/c1-11(2)14-5-3-4-6-15(14)17-13-9-7-12(16)8-10-13/h3-11,16H,1-2H3. The molecule has 2 heteroatoms. The van der Waals surface area contributed by atoms with E-state index in [9.17, 15) is 5.11 Å². The Morgan fingerprint density at radius 3 is 2.24 bits per heavy atom. The SMILES string of the molecule is CC(C)c1ccccc1Oc1ccc(O)cc1. The van der Waals surface area contributed by atoms with Crippen LogP contribution in [0.4, 0.5) is 0 Å². The molecule has 0 aliphatic carbocycles. The van der Waals surface area contributed by atoms with Crippen LogP contribution in [0.25, 0.3) is 0 Å². The molecule has 0 atom stereocenters. The van der Waals surface area contributed by atoms with Gasteiger partial charge in [0.25, 0.3) is 0 Å². The molecule has 2 aromatic carbocycles. The maximum absolute atomic E-state index is 9.21. The number of para-hydroxylation sites is 1. The molecular formula is C15H16O2. The van der Waals surface area contributed by atoms with Crippen molar-refractivity contribution in [2.75, 3.05) is 0 Å². The van der Waals surface area contributed by atoms with Crippen LogP contribution in [0.15, 0.2) is 48.5 Å². The fourth-order valence-electron chi connectivity index (χ4n) is 1.69. The average Bonchev–Trinajstić information content (AvgIpc) is 2.32. The summed E-state index contributed by atoms with van der Waals surface area (Å²) in [6, 6.07) is 14.8. The lowest BCUT2D eigenvalue weighted by atomic mass is 10.0. The fourth-order valence-corrected chi connectivity index (χ4v) is 1.69. The molecule has 0 radical (unpaired) electrons. The lowest BCUT2D eigenvalue weighted by Crippen LogP contribution is -1.93. The first kappa shape index (κ1) is 11.5. The van der Waals surface area contributed by atoms with E-state index in [0.29, 0.717) is 5.92 Å². The number of hydrogen-bond donors (Lipinski definition) is 1. The third kappa shape index (κ3) is 2.78. The lowest BCUT2D eigenvalue weighted by molar-refractivity contribution is 0.460. The van der Waals surface area contributed by atoms with Crippen LogP contribution in [0, 0.1) is 0 Å². The van der Waals surface area contributed by atoms with Crippen molar-refractivity contribution in [2.45, 2.75) is 19.8 Å². The van der Waals surface area contributed by atoms with Crippen LogP contribution in [0.2, 0.25) is 0 Å². The lowest BCUT2D eigenvalue weighted by Gasteiger charge is -2.13. The van der Waals surface area contributed by atoms with E-state index in [-0.39, 0.29) is 5.75 Å². The van der Waals surface area contributed by atoms with E-state index < -0.39 is 0 Å². The summed E-state index contributed by atoms with van der Waals surface area (Å²) >= 11 is 0. The highest BCUT2D eigenvalue weighted by Gasteiger charge is 2.07. The summed E-state index contributed by atoms with van der Waals surface area (Å²) in [6.45, 7) is 4.28. The van der Waals surface area contributed by atoms with Crippen molar-refractivity contribution in [3.05, 3.63) is 54.1 Å². The van der Waals surface area contributed by atoms with Crippen LogP contribution in [0.1, 0.15) is 25.3 Å². The van der Waals surface area contributed by atoms with Gasteiger partial charge < -0.3 is 9.84 Å². The smallest absolute Gasteiger partial charge is 0.130 e. The number of phenolic OH excluding ortho intramolecular Hbond substituents is 1. The van der Waals surface area contributed by atoms with Gasteiger partial charge in [0.1, 0.15) is 17.2 Å². The first-order valence-electron chi connectivity index (χ1n) is 5.72. The van der Waals surface area contributed by atoms with Crippen LogP contribution in [-0.4, -0.2) is 5.11 Å². The van der Waals surface area contributed by atoms with E-state index in [2.05, 4.69) is 19.9 Å². The zero-order chi connectivity index (χ0) is 12.3. The Morgan fingerprint density at radius 1 is 0.941 bits per heavy atom. The van der Waals surface area contributed by atoms with Crippen LogP contribution >= 0.6 is 0 Å². The fraction of sp³-hybridized carbons (Fsp3) is 0.200. The van der Waals surface area contributed by atoms with Gasteiger partial charge in [0.2, 0.25) is 0 Å². The molecule has 2 rings (SSSR count). The number of hydrogen-bond acceptors (Lipinski definition) is 2. The van der Waals surface area contributed by atoms with Gasteiger partial charge in [-0.25, -0.2) is 0 Å². The molecule has 0 amide bonds. The van der Waals surface area contributed by atoms with Crippen molar-refractivity contribution in [2.24, 2.45) is 0 Å². The quantitative estimate of drug-likeness (QED) is 0.848. The minimum absolute atomic E-state index is 0.245.